The van der Waals surface area contributed by atoms with Crippen LogP contribution < -0.4 is 5.32 Å². The van der Waals surface area contributed by atoms with Crippen molar-refractivity contribution < 1.29 is 39.8 Å². The number of unbranched alkanes of at least 4 members (excludes halogenated alkanes) is 41. The minimum absolute atomic E-state index is 0.181. The molecule has 1 saturated heterocycles. The fourth-order valence-corrected chi connectivity index (χ4v) is 10.4. The van der Waals surface area contributed by atoms with Gasteiger partial charge in [0.25, 0.3) is 0 Å². The van der Waals surface area contributed by atoms with E-state index in [1.807, 2.05) is 6.08 Å². The van der Waals surface area contributed by atoms with Gasteiger partial charge in [-0.2, -0.15) is 0 Å². The number of aliphatic hydroxyl groups is 5. The summed E-state index contributed by atoms with van der Waals surface area (Å²) in [6, 6.07) is -0.821. The number of hydrogen-bond acceptors (Lipinski definition) is 8. The fourth-order valence-electron chi connectivity index (χ4n) is 10.4. The smallest absolute Gasteiger partial charge is 0.220 e. The summed E-state index contributed by atoms with van der Waals surface area (Å²) in [6.07, 6.45) is 69.3. The van der Waals surface area contributed by atoms with Gasteiger partial charge in [0.1, 0.15) is 24.4 Å². The molecule has 1 fully saturated rings. The van der Waals surface area contributed by atoms with E-state index in [4.69, 9.17) is 9.47 Å². The number of allylic oxidation sites excluding steroid dienone is 7. The molecule has 446 valence electrons. The number of amides is 1. The molecular formula is C67H125NO8. The lowest BCUT2D eigenvalue weighted by atomic mass is 9.99. The predicted octanol–water partition coefficient (Wildman–Crippen LogP) is 17.2. The first-order valence-electron chi connectivity index (χ1n) is 32.9. The van der Waals surface area contributed by atoms with Crippen molar-refractivity contribution in [2.75, 3.05) is 13.2 Å². The molecule has 0 aromatic rings. The van der Waals surface area contributed by atoms with Crippen LogP contribution in [0, 0.1) is 0 Å². The molecule has 0 saturated carbocycles. The van der Waals surface area contributed by atoms with Crippen molar-refractivity contribution in [3.8, 4) is 0 Å². The minimum atomic E-state index is -1.57. The van der Waals surface area contributed by atoms with Crippen molar-refractivity contribution in [2.45, 2.75) is 358 Å². The Morgan fingerprint density at radius 3 is 1.18 bits per heavy atom. The van der Waals surface area contributed by atoms with Gasteiger partial charge in [-0.15, -0.1) is 0 Å². The van der Waals surface area contributed by atoms with Gasteiger partial charge in [0.15, 0.2) is 6.29 Å². The van der Waals surface area contributed by atoms with Gasteiger partial charge in [0.2, 0.25) is 5.91 Å². The Kier molecular flexibility index (Phi) is 53.6. The van der Waals surface area contributed by atoms with Crippen molar-refractivity contribution in [2.24, 2.45) is 0 Å². The second kappa shape index (κ2) is 56.4. The number of aliphatic hydroxyl groups excluding tert-OH is 5. The zero-order chi connectivity index (χ0) is 55.0. The highest BCUT2D eigenvalue weighted by Crippen LogP contribution is 2.23. The van der Waals surface area contributed by atoms with E-state index in [-0.39, 0.29) is 12.5 Å². The van der Waals surface area contributed by atoms with Gasteiger partial charge < -0.3 is 40.3 Å². The molecule has 9 heteroatoms. The van der Waals surface area contributed by atoms with Crippen molar-refractivity contribution in [3.05, 3.63) is 48.6 Å². The number of carbonyl (C=O) groups is 1. The maximum Gasteiger partial charge on any atom is 0.220 e. The van der Waals surface area contributed by atoms with Crippen molar-refractivity contribution >= 4 is 5.91 Å². The molecule has 0 aliphatic carbocycles. The molecule has 7 atom stereocenters. The highest BCUT2D eigenvalue weighted by molar-refractivity contribution is 5.76. The third-order valence-corrected chi connectivity index (χ3v) is 15.6. The topological polar surface area (TPSA) is 149 Å². The molecule has 0 radical (unpaired) electrons. The number of hydrogen-bond donors (Lipinski definition) is 6. The van der Waals surface area contributed by atoms with Crippen LogP contribution in [0.15, 0.2) is 48.6 Å². The molecule has 9 nitrogen and oxygen atoms in total. The van der Waals surface area contributed by atoms with Crippen molar-refractivity contribution in [3.63, 3.8) is 0 Å². The molecule has 6 N–H and O–H groups in total. The summed E-state index contributed by atoms with van der Waals surface area (Å²) in [6.45, 7) is 3.78. The second-order valence-corrected chi connectivity index (χ2v) is 22.9. The summed E-state index contributed by atoms with van der Waals surface area (Å²) in [5, 5.41) is 54.6. The average molecular weight is 1070 g/mol. The van der Waals surface area contributed by atoms with Gasteiger partial charge in [0.05, 0.1) is 25.4 Å². The van der Waals surface area contributed by atoms with Crippen LogP contribution in [0.2, 0.25) is 0 Å². The van der Waals surface area contributed by atoms with Crippen LogP contribution >= 0.6 is 0 Å². The van der Waals surface area contributed by atoms with E-state index in [9.17, 15) is 30.3 Å². The van der Waals surface area contributed by atoms with Gasteiger partial charge in [-0.05, 0) is 64.2 Å². The van der Waals surface area contributed by atoms with Crippen LogP contribution in [0.4, 0.5) is 0 Å². The molecule has 0 bridgehead atoms. The summed E-state index contributed by atoms with van der Waals surface area (Å²) >= 11 is 0. The molecule has 1 aliphatic heterocycles. The highest BCUT2D eigenvalue weighted by Gasteiger charge is 2.44. The number of ether oxygens (including phenoxy) is 2. The largest absolute Gasteiger partial charge is 0.394 e. The summed E-state index contributed by atoms with van der Waals surface area (Å²) in [7, 11) is 0. The molecule has 1 amide bonds. The van der Waals surface area contributed by atoms with Crippen LogP contribution in [0.25, 0.3) is 0 Å². The lowest BCUT2D eigenvalue weighted by Crippen LogP contribution is -2.60. The van der Waals surface area contributed by atoms with E-state index in [1.54, 1.807) is 6.08 Å². The van der Waals surface area contributed by atoms with E-state index in [0.717, 1.165) is 44.9 Å². The highest BCUT2D eigenvalue weighted by atomic mass is 16.7. The quantitative estimate of drug-likeness (QED) is 0.0261. The molecule has 1 heterocycles. The Hall–Kier alpha value is -1.85. The first-order valence-corrected chi connectivity index (χ1v) is 32.9. The molecule has 0 aromatic heterocycles. The van der Waals surface area contributed by atoms with E-state index in [1.165, 1.54) is 250 Å². The Morgan fingerprint density at radius 2 is 0.789 bits per heavy atom. The van der Waals surface area contributed by atoms with Gasteiger partial charge in [-0.25, -0.2) is 0 Å². The number of rotatable bonds is 57. The van der Waals surface area contributed by atoms with E-state index in [0.29, 0.717) is 6.42 Å². The SMILES string of the molecule is CCCCCCC/C=C\C/C=C\CCCCCCCCCCCCCCCCCCCCCCCCCC(=O)NC(COC1OC(CO)C(O)C(O)C1O)C(O)/C=C/CC/C=C/CCCCCCCCCCCCCC. The van der Waals surface area contributed by atoms with E-state index in [2.05, 4.69) is 55.6 Å². The Morgan fingerprint density at radius 1 is 0.447 bits per heavy atom. The zero-order valence-electron chi connectivity index (χ0n) is 49.8. The van der Waals surface area contributed by atoms with Crippen LogP contribution in [0.1, 0.15) is 316 Å². The number of carbonyl (C=O) groups excluding carboxylic acids is 1. The van der Waals surface area contributed by atoms with Gasteiger partial charge in [0, 0.05) is 6.42 Å². The van der Waals surface area contributed by atoms with Crippen LogP contribution in [-0.4, -0.2) is 87.5 Å². The second-order valence-electron chi connectivity index (χ2n) is 22.9. The van der Waals surface area contributed by atoms with Crippen LogP contribution in [-0.2, 0) is 14.3 Å². The molecule has 0 aromatic carbocycles. The maximum absolute atomic E-state index is 13.1. The van der Waals surface area contributed by atoms with Gasteiger partial charge in [-0.1, -0.05) is 294 Å². The molecule has 1 aliphatic rings. The first kappa shape index (κ1) is 72.2. The summed E-state index contributed by atoms with van der Waals surface area (Å²) in [5.74, 6) is -0.181. The van der Waals surface area contributed by atoms with Crippen LogP contribution in [0.5, 0.6) is 0 Å². The minimum Gasteiger partial charge on any atom is -0.394 e. The lowest BCUT2D eigenvalue weighted by molar-refractivity contribution is -0.302. The Bertz CT molecular complexity index is 1340. The summed E-state index contributed by atoms with van der Waals surface area (Å²) in [5.41, 5.74) is 0. The van der Waals surface area contributed by atoms with Crippen LogP contribution in [0.3, 0.4) is 0 Å². The third kappa shape index (κ3) is 44.9. The monoisotopic (exact) mass is 1070 g/mol. The average Bonchev–Trinajstić information content (AvgIpc) is 3.42. The Balaban J connectivity index is 2.11. The molecule has 0 spiro atoms. The lowest BCUT2D eigenvalue weighted by Gasteiger charge is -2.40. The molecular weight excluding hydrogens is 947 g/mol. The first-order chi connectivity index (χ1) is 37.3. The van der Waals surface area contributed by atoms with Gasteiger partial charge >= 0.3 is 0 Å². The van der Waals surface area contributed by atoms with Gasteiger partial charge in [-0.3, -0.25) is 4.79 Å². The predicted molar refractivity (Wildman–Crippen MR) is 323 cm³/mol. The number of nitrogens with one attached hydrogen (secondary N) is 1. The molecule has 1 rings (SSSR count). The van der Waals surface area contributed by atoms with Crippen molar-refractivity contribution in [1.82, 2.24) is 5.32 Å². The summed E-state index contributed by atoms with van der Waals surface area (Å²) in [4.78, 5) is 13.1. The van der Waals surface area contributed by atoms with E-state index >= 15 is 0 Å². The van der Waals surface area contributed by atoms with Crippen molar-refractivity contribution in [1.29, 1.82) is 0 Å². The Labute approximate surface area is 469 Å². The molecule has 76 heavy (non-hydrogen) atoms. The summed E-state index contributed by atoms with van der Waals surface area (Å²) < 4.78 is 11.3. The van der Waals surface area contributed by atoms with E-state index < -0.39 is 49.5 Å². The maximum atomic E-state index is 13.1. The zero-order valence-corrected chi connectivity index (χ0v) is 49.8. The normalized spacial score (nSPS) is 19.1. The fraction of sp³-hybridized carbons (Fsp3) is 0.866. The standard InChI is InChI=1S/C67H125NO8/c1-3-5-7-9-11-13-15-17-19-21-23-24-25-26-27-28-29-30-31-32-33-34-35-36-37-38-39-41-43-45-47-49-51-53-55-57-63(71)68-60(59-75-67-66(74)65(73)64(72)62(58-69)76-67)61(70)56-54-52-50-48-46-44-42-40-22-20-18-16-14-12-10-8-6-4-2/h15,17,21,23,46,48,54,56,60-62,64-67,69-70,72-74H,3-14,16,18-20,22,24-45,47,49-53,55,57-59H2,1-2H3,(H,68,71)/b17-15-,23-21-,48-46+,56-54+. The third-order valence-electron chi connectivity index (χ3n) is 15.6. The molecule has 7 unspecified atom stereocenters.